The minimum absolute atomic E-state index is 0.334. The molecule has 4 amide bonds. The van der Waals surface area contributed by atoms with Crippen LogP contribution in [0.5, 0.6) is 0 Å². The Kier molecular flexibility index (Phi) is 26.3. The molecule has 594 valence electrons. The third-order valence-electron chi connectivity index (χ3n) is 21.0. The van der Waals surface area contributed by atoms with E-state index in [1.54, 1.807) is 0 Å². The number of aliphatic imine (C=N–C) groups is 4. The van der Waals surface area contributed by atoms with Crippen LogP contribution in [0.1, 0.15) is 159 Å². The highest BCUT2D eigenvalue weighted by atomic mass is 35.6. The number of aromatic nitrogens is 4. The lowest BCUT2D eigenvalue weighted by molar-refractivity contribution is 0.102. The number of nitrogens with one attached hydrogen (secondary N) is 8. The molecule has 0 fully saturated rings. The van der Waals surface area contributed by atoms with Gasteiger partial charge in [-0.3, -0.25) is 39.1 Å². The Morgan fingerprint density at radius 3 is 0.669 bits per heavy atom. The molecule has 8 aromatic carbocycles. The van der Waals surface area contributed by atoms with Gasteiger partial charge in [0.05, 0.1) is 116 Å². The van der Waals surface area contributed by atoms with Crippen molar-refractivity contribution in [1.29, 1.82) is 0 Å². The Balaban J connectivity index is 0.000000186. The van der Waals surface area contributed by atoms with Gasteiger partial charge >= 0.3 is 0 Å². The van der Waals surface area contributed by atoms with Gasteiger partial charge in [-0.1, -0.05) is 258 Å². The first-order valence-electron chi connectivity index (χ1n) is 39.6. The van der Waals surface area contributed by atoms with Crippen LogP contribution in [0.2, 0.25) is 0 Å². The van der Waals surface area contributed by atoms with Crippen LogP contribution in [-0.4, -0.2) is 72.7 Å². The number of carbonyl (C=O) groups excluding carboxylic acids is 4. The normalized spacial score (nSPS) is 12.6. The molecule has 16 nitrogen and oxygen atoms in total. The highest BCUT2D eigenvalue weighted by Crippen LogP contribution is 2.48. The zero-order chi connectivity index (χ0) is 82.5. The minimum atomic E-state index is -0.750. The number of rotatable bonds is 12. The Hall–Kier alpha value is -12.3. The van der Waals surface area contributed by atoms with E-state index in [0.717, 1.165) is 119 Å². The van der Waals surface area contributed by atoms with Crippen LogP contribution >= 0.6 is 57.5 Å². The molecule has 0 atom stereocenters. The maximum absolute atomic E-state index is 14.6. The molecule has 6 aromatic heterocycles. The van der Waals surface area contributed by atoms with Crippen LogP contribution in [0.25, 0.3) is 67.3 Å². The quantitative estimate of drug-likeness (QED) is 0.0558. The van der Waals surface area contributed by atoms with E-state index in [2.05, 4.69) is 96.6 Å². The van der Waals surface area contributed by atoms with Gasteiger partial charge in [0.25, 0.3) is 23.6 Å². The average Bonchev–Trinajstić information content (AvgIpc) is 1.61. The number of alkyl halides is 3. The number of benzene rings is 8. The summed E-state index contributed by atoms with van der Waals surface area (Å²) in [4.78, 5) is 95.0. The largest absolute Gasteiger partial charge is 0.352 e. The molecule has 0 unspecified atom stereocenters. The van der Waals surface area contributed by atoms with E-state index in [9.17, 15) is 19.2 Å². The van der Waals surface area contributed by atoms with E-state index in [1.165, 1.54) is 67.2 Å². The molecule has 0 saturated carbocycles. The number of nitrogens with zero attached hydrogens (tertiary/aromatic N) is 4. The second kappa shape index (κ2) is 37.8. The van der Waals surface area contributed by atoms with Gasteiger partial charge in [0.15, 0.2) is 4.30 Å². The molecule has 2 aliphatic heterocycles. The van der Waals surface area contributed by atoms with Crippen molar-refractivity contribution in [1.82, 2.24) is 19.9 Å². The fourth-order valence-corrected chi connectivity index (χ4v) is 17.7. The highest BCUT2D eigenvalue weighted by molar-refractivity contribution is 7.18. The number of aromatic amines is 4. The third-order valence-corrected chi connectivity index (χ3v) is 23.4. The van der Waals surface area contributed by atoms with Crippen molar-refractivity contribution in [2.24, 2.45) is 20.0 Å². The van der Waals surface area contributed by atoms with Crippen molar-refractivity contribution in [2.75, 3.05) is 21.3 Å². The molecule has 14 aromatic rings. The van der Waals surface area contributed by atoms with Gasteiger partial charge in [0.2, 0.25) is 0 Å². The highest BCUT2D eigenvalue weighted by Gasteiger charge is 2.33. The van der Waals surface area contributed by atoms with Gasteiger partial charge < -0.3 is 41.2 Å². The van der Waals surface area contributed by atoms with Gasteiger partial charge in [-0.15, -0.1) is 22.7 Å². The predicted molar refractivity (Wildman–Crippen MR) is 494 cm³/mol. The third kappa shape index (κ3) is 17.8. The molecule has 0 radical (unpaired) electrons. The Labute approximate surface area is 710 Å². The molecule has 12 bridgehead atoms. The van der Waals surface area contributed by atoms with Crippen molar-refractivity contribution in [3.8, 4) is 67.3 Å². The first kappa shape index (κ1) is 82.2. The lowest BCUT2D eigenvalue weighted by Crippen LogP contribution is -2.12. The zero-order valence-corrected chi connectivity index (χ0v) is 70.6. The van der Waals surface area contributed by atoms with Gasteiger partial charge in [0, 0.05) is 22.3 Å². The number of anilines is 4. The smallest absolute Gasteiger partial charge is 0.266 e. The van der Waals surface area contributed by atoms with Crippen LogP contribution in [0.4, 0.5) is 45.5 Å². The topological polar surface area (TPSA) is 229 Å². The number of halogens is 3. The number of amides is 4. The summed E-state index contributed by atoms with van der Waals surface area (Å²) in [6.07, 6.45) is 14.9. The van der Waals surface area contributed by atoms with Gasteiger partial charge in [0.1, 0.15) is 19.5 Å². The summed E-state index contributed by atoms with van der Waals surface area (Å²) in [7, 11) is 0. The number of para-hydroxylation sites is 8. The Morgan fingerprint density at radius 1 is 0.288 bits per heavy atom. The standard InChI is InChI=1S/2C48H44N6O2S.CHCl3/c2*1-5-17-33-29(3)43-44-30(4)34(18-6-2)40(52-44)28-50-36-24-14-16-26-38(36)54-48(56)46-42(32-21-11-8-12-22-32)41(31-19-9-7-10-20-31)45(57-46)47(55)53-37-25-15-13-23-35(37)49-27-39(33)51-43;2-1(3)4/h2*7-16,19-28,51-52H,5-6,17-18H2,1-4H3,(H,53,55)(H,54,56);1H. The molecular weight excluding hydrogens is 1570 g/mol. The Morgan fingerprint density at radius 2 is 0.475 bits per heavy atom. The van der Waals surface area contributed by atoms with Crippen molar-refractivity contribution in [3.63, 3.8) is 0 Å². The molecule has 21 heteroatoms. The maximum atomic E-state index is 14.6. The van der Waals surface area contributed by atoms with E-state index in [0.29, 0.717) is 87.3 Å². The summed E-state index contributed by atoms with van der Waals surface area (Å²) in [5, 5.41) is 12.7. The zero-order valence-electron chi connectivity index (χ0n) is 66.7. The lowest BCUT2D eigenvalue weighted by Gasteiger charge is -2.12. The predicted octanol–water partition coefficient (Wildman–Crippen LogP) is 26.5. The molecule has 0 spiro atoms. The molecule has 8 N–H and O–H groups in total. The first-order valence-corrected chi connectivity index (χ1v) is 42.5. The number of H-pyrrole nitrogens is 4. The molecule has 0 aliphatic carbocycles. The van der Waals surface area contributed by atoms with E-state index in [-0.39, 0.29) is 23.6 Å². The lowest BCUT2D eigenvalue weighted by atomic mass is 9.94. The van der Waals surface area contributed by atoms with Crippen LogP contribution in [0.3, 0.4) is 0 Å². The number of fused-ring (bicyclic) bond motifs is 18. The summed E-state index contributed by atoms with van der Waals surface area (Å²) in [6.45, 7) is 17.4. The second-order valence-corrected chi connectivity index (χ2v) is 32.7. The first-order chi connectivity index (χ1) is 57.4. The number of thiophene rings is 2. The van der Waals surface area contributed by atoms with E-state index < -0.39 is 4.30 Å². The van der Waals surface area contributed by atoms with Gasteiger partial charge in [-0.05, 0) is 169 Å². The van der Waals surface area contributed by atoms with E-state index >= 15 is 0 Å². The number of hydrogen-bond donors (Lipinski definition) is 8. The Bertz CT molecular complexity index is 5410. The number of carbonyl (C=O) groups is 4. The molecule has 118 heavy (non-hydrogen) atoms. The SMILES string of the molecule is CCCc1c2[nH]c(c1C)-c1[nH]c(c(CCC)c1C)C=Nc1ccccc1NC(=O)c1sc(c(-c3ccccc3)c1-c1ccccc1)C(=O)Nc1ccccc1N=C2.CCCc1c2[nH]c(c1C)-c1[nH]c(c(CCC)c1C)C=Nc1ccccc1NC(=O)c1sc(c(-c3ccccc3)c1-c1ccccc1)C(=O)Nc1ccccc1N=C2.ClC(Cl)Cl. The van der Waals surface area contributed by atoms with E-state index in [1.807, 2.05) is 243 Å². The monoisotopic (exact) mass is 1650 g/mol. The van der Waals surface area contributed by atoms with Crippen molar-refractivity contribution < 1.29 is 19.2 Å². The van der Waals surface area contributed by atoms with Gasteiger partial charge in [-0.2, -0.15) is 0 Å². The maximum Gasteiger partial charge on any atom is 0.266 e. The molecule has 0 saturated heterocycles. The van der Waals surface area contributed by atoms with Crippen molar-refractivity contribution in [3.05, 3.63) is 305 Å². The van der Waals surface area contributed by atoms with Crippen molar-refractivity contribution in [2.45, 2.75) is 111 Å². The second-order valence-electron chi connectivity index (χ2n) is 28.7. The van der Waals surface area contributed by atoms with Crippen LogP contribution in [0.15, 0.2) is 238 Å². The molecular formula is C97H89Cl3N12O4S2. The van der Waals surface area contributed by atoms with E-state index in [4.69, 9.17) is 54.8 Å². The van der Waals surface area contributed by atoms with Crippen LogP contribution in [0, 0.1) is 27.7 Å². The van der Waals surface area contributed by atoms with Crippen molar-refractivity contribution >= 4 is 151 Å². The summed E-state index contributed by atoms with van der Waals surface area (Å²) < 4.78 is -0.750. The fraction of sp³-hybridized carbons (Fsp3) is 0.175. The number of hydrogen-bond acceptors (Lipinski definition) is 10. The van der Waals surface area contributed by atoms with Crippen LogP contribution in [-0.2, 0) is 25.7 Å². The summed E-state index contributed by atoms with van der Waals surface area (Å²) in [6, 6.07) is 69.3. The fourth-order valence-electron chi connectivity index (χ4n) is 15.4. The average molecular weight is 1660 g/mol. The molecule has 2 aliphatic rings. The summed E-state index contributed by atoms with van der Waals surface area (Å²) in [5.41, 5.74) is 28.0. The molecule has 8 heterocycles. The minimum Gasteiger partial charge on any atom is -0.352 e. The summed E-state index contributed by atoms with van der Waals surface area (Å²) >= 11 is 16.8. The molecule has 16 rings (SSSR count). The van der Waals surface area contributed by atoms with Crippen LogP contribution < -0.4 is 21.3 Å². The summed E-state index contributed by atoms with van der Waals surface area (Å²) in [5.74, 6) is -1.34. The van der Waals surface area contributed by atoms with Gasteiger partial charge in [-0.25, -0.2) is 0 Å².